The second kappa shape index (κ2) is 7.04. The summed E-state index contributed by atoms with van der Waals surface area (Å²) in [6, 6.07) is 4.46. The van der Waals surface area contributed by atoms with Gasteiger partial charge in [0.2, 0.25) is 0 Å². The summed E-state index contributed by atoms with van der Waals surface area (Å²) < 4.78 is 6.54. The third kappa shape index (κ3) is 3.92. The molecule has 1 saturated heterocycles. The van der Waals surface area contributed by atoms with E-state index in [1.165, 1.54) is 4.88 Å². The van der Waals surface area contributed by atoms with E-state index in [1.807, 2.05) is 6.07 Å². The van der Waals surface area contributed by atoms with Gasteiger partial charge in [-0.3, -0.25) is 4.90 Å². The summed E-state index contributed by atoms with van der Waals surface area (Å²) in [6.07, 6.45) is 2.61. The topological polar surface area (TPSA) is 38.5 Å². The zero-order valence-electron chi connectivity index (χ0n) is 11.6. The first-order chi connectivity index (χ1) is 9.11. The van der Waals surface area contributed by atoms with Crippen LogP contribution < -0.4 is 5.73 Å². The Morgan fingerprint density at radius 2 is 2.16 bits per heavy atom. The molecule has 19 heavy (non-hydrogen) atoms. The maximum absolute atomic E-state index is 6.19. The van der Waals surface area contributed by atoms with Gasteiger partial charge in [-0.1, -0.05) is 11.6 Å². The first-order valence-corrected chi connectivity index (χ1v) is 8.17. The fourth-order valence-corrected chi connectivity index (χ4v) is 4.13. The van der Waals surface area contributed by atoms with E-state index in [0.29, 0.717) is 6.10 Å². The van der Waals surface area contributed by atoms with Gasteiger partial charge in [-0.15, -0.1) is 11.3 Å². The third-order valence-electron chi connectivity index (χ3n) is 3.66. The fourth-order valence-electron chi connectivity index (χ4n) is 2.82. The first-order valence-electron chi connectivity index (χ1n) is 6.98. The molecule has 2 unspecified atom stereocenters. The lowest BCUT2D eigenvalue weighted by Gasteiger charge is -2.38. The summed E-state index contributed by atoms with van der Waals surface area (Å²) in [5.41, 5.74) is 6.19. The number of piperidine rings is 1. The van der Waals surface area contributed by atoms with Crippen LogP contribution in [0, 0.1) is 0 Å². The predicted molar refractivity (Wildman–Crippen MR) is 81.9 cm³/mol. The summed E-state index contributed by atoms with van der Waals surface area (Å²) in [6.45, 7) is 7.04. The maximum Gasteiger partial charge on any atom is 0.0931 e. The van der Waals surface area contributed by atoms with E-state index in [1.54, 1.807) is 11.3 Å². The number of hydrogen-bond donors (Lipinski definition) is 1. The lowest BCUT2D eigenvalue weighted by atomic mass is 10.0. The van der Waals surface area contributed by atoms with Crippen LogP contribution in [-0.2, 0) is 4.74 Å². The minimum Gasteiger partial charge on any atom is -0.378 e. The molecule has 1 fully saturated rings. The molecule has 0 radical (unpaired) electrons. The second-order valence-corrected chi connectivity index (χ2v) is 6.88. The molecule has 0 bridgehead atoms. The minimum atomic E-state index is 0.110. The average Bonchev–Trinajstić information content (AvgIpc) is 2.78. The van der Waals surface area contributed by atoms with E-state index in [4.69, 9.17) is 22.1 Å². The fraction of sp³-hybridized carbons (Fsp3) is 0.714. The Hall–Kier alpha value is -0.130. The smallest absolute Gasteiger partial charge is 0.0931 e. The molecule has 2 atom stereocenters. The van der Waals surface area contributed by atoms with Crippen molar-refractivity contribution in [2.24, 2.45) is 5.73 Å². The zero-order valence-corrected chi connectivity index (χ0v) is 13.2. The summed E-state index contributed by atoms with van der Waals surface area (Å²) >= 11 is 7.69. The molecule has 108 valence electrons. The Morgan fingerprint density at radius 1 is 1.47 bits per heavy atom. The first kappa shape index (κ1) is 15.3. The number of hydrogen-bond acceptors (Lipinski definition) is 4. The van der Waals surface area contributed by atoms with Crippen LogP contribution in [0.4, 0.5) is 0 Å². The minimum absolute atomic E-state index is 0.110. The lowest BCUT2D eigenvalue weighted by Crippen LogP contribution is -2.44. The zero-order chi connectivity index (χ0) is 13.8. The number of halogens is 1. The number of ether oxygens (including phenoxy) is 1. The molecular formula is C14H23ClN2OS. The standard InChI is InChI=1S/C14H23ClN2OS/c1-3-18-11-6-8-17(9-7-11)14(10(2)16)12-4-5-13(15)19-12/h4-5,10-11,14H,3,6-9,16H2,1-2H3. The van der Waals surface area contributed by atoms with Gasteiger partial charge >= 0.3 is 0 Å². The van der Waals surface area contributed by atoms with Crippen molar-refractivity contribution in [2.45, 2.75) is 44.9 Å². The van der Waals surface area contributed by atoms with Crippen LogP contribution in [0.1, 0.15) is 37.6 Å². The highest BCUT2D eigenvalue weighted by molar-refractivity contribution is 7.16. The Morgan fingerprint density at radius 3 is 2.63 bits per heavy atom. The summed E-state index contributed by atoms with van der Waals surface area (Å²) in [5.74, 6) is 0. The van der Waals surface area contributed by atoms with E-state index in [2.05, 4.69) is 24.8 Å². The van der Waals surface area contributed by atoms with Gasteiger partial charge in [-0.2, -0.15) is 0 Å². The molecule has 0 amide bonds. The number of likely N-dealkylation sites (tertiary alicyclic amines) is 1. The predicted octanol–water partition coefficient (Wildman–Crippen LogP) is 3.29. The molecular weight excluding hydrogens is 280 g/mol. The molecule has 1 aromatic rings. The molecule has 2 heterocycles. The van der Waals surface area contributed by atoms with Crippen LogP contribution >= 0.6 is 22.9 Å². The summed E-state index contributed by atoms with van der Waals surface area (Å²) in [7, 11) is 0. The van der Waals surface area contributed by atoms with Gasteiger partial charge < -0.3 is 10.5 Å². The molecule has 0 spiro atoms. The average molecular weight is 303 g/mol. The van der Waals surface area contributed by atoms with Gasteiger partial charge in [0, 0.05) is 30.6 Å². The Bertz CT molecular complexity index is 389. The largest absolute Gasteiger partial charge is 0.378 e. The SMILES string of the molecule is CCOC1CCN(C(c2ccc(Cl)s2)C(C)N)CC1. The van der Waals surface area contributed by atoms with Crippen LogP contribution in [0.2, 0.25) is 4.34 Å². The van der Waals surface area contributed by atoms with E-state index >= 15 is 0 Å². The van der Waals surface area contributed by atoms with Gasteiger partial charge in [0.1, 0.15) is 0 Å². The molecule has 1 aliphatic rings. The van der Waals surface area contributed by atoms with Crippen molar-refractivity contribution in [2.75, 3.05) is 19.7 Å². The monoisotopic (exact) mass is 302 g/mol. The van der Waals surface area contributed by atoms with Gasteiger partial charge in [0.25, 0.3) is 0 Å². The van der Waals surface area contributed by atoms with Crippen molar-refractivity contribution in [3.63, 3.8) is 0 Å². The van der Waals surface area contributed by atoms with Crippen LogP contribution in [0.3, 0.4) is 0 Å². The van der Waals surface area contributed by atoms with Crippen molar-refractivity contribution in [1.82, 2.24) is 4.90 Å². The van der Waals surface area contributed by atoms with E-state index in [0.717, 1.165) is 36.9 Å². The van der Waals surface area contributed by atoms with E-state index < -0.39 is 0 Å². The number of nitrogens with zero attached hydrogens (tertiary/aromatic N) is 1. The van der Waals surface area contributed by atoms with Crippen LogP contribution in [0.5, 0.6) is 0 Å². The number of thiophene rings is 1. The Kier molecular flexibility index (Phi) is 5.66. The highest BCUT2D eigenvalue weighted by atomic mass is 35.5. The lowest BCUT2D eigenvalue weighted by molar-refractivity contribution is 0.00162. The van der Waals surface area contributed by atoms with E-state index in [-0.39, 0.29) is 12.1 Å². The van der Waals surface area contributed by atoms with Gasteiger partial charge in [-0.05, 0) is 38.8 Å². The van der Waals surface area contributed by atoms with Crippen LogP contribution in [0.15, 0.2) is 12.1 Å². The van der Waals surface area contributed by atoms with Crippen molar-refractivity contribution < 1.29 is 4.74 Å². The highest BCUT2D eigenvalue weighted by Crippen LogP contribution is 2.34. The molecule has 0 saturated carbocycles. The Balaban J connectivity index is 2.01. The number of rotatable bonds is 5. The molecule has 1 aliphatic heterocycles. The van der Waals surface area contributed by atoms with Gasteiger partial charge in [0.15, 0.2) is 0 Å². The Labute approximate surface area is 124 Å². The quantitative estimate of drug-likeness (QED) is 0.907. The third-order valence-corrected chi connectivity index (χ3v) is 4.96. The normalized spacial score (nSPS) is 21.5. The molecule has 0 aliphatic carbocycles. The van der Waals surface area contributed by atoms with Crippen molar-refractivity contribution in [3.05, 3.63) is 21.3 Å². The maximum atomic E-state index is 6.19. The highest BCUT2D eigenvalue weighted by Gasteiger charge is 2.29. The second-order valence-electron chi connectivity index (χ2n) is 5.14. The van der Waals surface area contributed by atoms with Crippen molar-refractivity contribution in [1.29, 1.82) is 0 Å². The summed E-state index contributed by atoms with van der Waals surface area (Å²) in [4.78, 5) is 3.75. The molecule has 2 rings (SSSR count). The van der Waals surface area contributed by atoms with E-state index in [9.17, 15) is 0 Å². The van der Waals surface area contributed by atoms with Gasteiger partial charge in [0.05, 0.1) is 16.5 Å². The summed E-state index contributed by atoms with van der Waals surface area (Å²) in [5, 5.41) is 0. The van der Waals surface area contributed by atoms with Crippen molar-refractivity contribution in [3.8, 4) is 0 Å². The molecule has 5 heteroatoms. The van der Waals surface area contributed by atoms with Crippen molar-refractivity contribution >= 4 is 22.9 Å². The van der Waals surface area contributed by atoms with Crippen LogP contribution in [0.25, 0.3) is 0 Å². The molecule has 1 aromatic heterocycles. The molecule has 3 nitrogen and oxygen atoms in total. The van der Waals surface area contributed by atoms with Crippen LogP contribution in [-0.4, -0.2) is 36.7 Å². The molecule has 0 aromatic carbocycles. The molecule has 2 N–H and O–H groups in total. The van der Waals surface area contributed by atoms with Gasteiger partial charge in [-0.25, -0.2) is 0 Å². The number of nitrogens with two attached hydrogens (primary N) is 1.